The van der Waals surface area contributed by atoms with E-state index < -0.39 is 40.6 Å². The van der Waals surface area contributed by atoms with E-state index in [0.29, 0.717) is 47.4 Å². The maximum Gasteiger partial charge on any atom is 0.287 e. The first kappa shape index (κ1) is 46.4. The fraction of sp³-hybridized carbons (Fsp3) is 0.531. The Kier molecular flexibility index (Phi) is 15.3. The van der Waals surface area contributed by atoms with Crippen LogP contribution in [0, 0.1) is 23.2 Å². The monoisotopic (exact) mass is 868 g/mol. The van der Waals surface area contributed by atoms with Crippen molar-refractivity contribution >= 4 is 68.8 Å². The number of oxime groups is 1. The van der Waals surface area contributed by atoms with Crippen LogP contribution in [-0.2, 0) is 33.6 Å². The van der Waals surface area contributed by atoms with Gasteiger partial charge in [0.1, 0.15) is 11.5 Å². The van der Waals surface area contributed by atoms with Gasteiger partial charge in [-0.1, -0.05) is 119 Å². The zero-order chi connectivity index (χ0) is 44.6. The van der Waals surface area contributed by atoms with E-state index in [0.717, 1.165) is 42.0 Å². The Morgan fingerprint density at radius 2 is 1.74 bits per heavy atom. The van der Waals surface area contributed by atoms with Crippen molar-refractivity contribution < 1.29 is 38.3 Å². The summed E-state index contributed by atoms with van der Waals surface area (Å²) >= 11 is 6.30. The summed E-state index contributed by atoms with van der Waals surface area (Å²) in [6, 6.07) is 17.5. The lowest BCUT2D eigenvalue weighted by atomic mass is 9.75. The number of halogens is 1. The van der Waals surface area contributed by atoms with E-state index in [1.54, 1.807) is 30.2 Å². The molecule has 0 aromatic heterocycles. The van der Waals surface area contributed by atoms with Crippen LogP contribution in [0.2, 0.25) is 5.02 Å². The quantitative estimate of drug-likeness (QED) is 0.120. The van der Waals surface area contributed by atoms with E-state index in [1.807, 2.05) is 70.2 Å². The molecule has 4 atom stereocenters. The van der Waals surface area contributed by atoms with Crippen LogP contribution in [0.1, 0.15) is 117 Å². The summed E-state index contributed by atoms with van der Waals surface area (Å²) in [6.45, 7) is 7.67. The second-order valence-corrected chi connectivity index (χ2v) is 19.0. The minimum Gasteiger partial charge on any atom is -0.496 e. The Hall–Kier alpha value is -5.10. The molecule has 1 spiro atoms. The van der Waals surface area contributed by atoms with Gasteiger partial charge >= 0.3 is 0 Å². The van der Waals surface area contributed by atoms with Crippen molar-refractivity contribution in [2.24, 2.45) is 28.3 Å². The SMILES string of the molecule is CCC[C@H](CC(=O)[C@@H]1C[C@]2(CC(c3cccc(Cl)c3)=NO2)CN1C(=O)[C@@H](CC(=O)CC1CCCCC1)C(C)(C)C)C(=O)C(=O)NCCC(=O)Nc1cc(OC)c2ccccc2c1. The number of likely N-dealkylation sites (tertiary alicyclic amines) is 1. The topological polar surface area (TPSA) is 161 Å². The molecule has 3 aliphatic rings. The van der Waals surface area contributed by atoms with Gasteiger partial charge in [-0.05, 0) is 41.3 Å². The van der Waals surface area contributed by atoms with E-state index in [1.165, 1.54) is 6.42 Å². The number of hydrogen-bond acceptors (Lipinski definition) is 9. The van der Waals surface area contributed by atoms with Crippen molar-refractivity contribution in [2.45, 2.75) is 123 Å². The lowest BCUT2D eigenvalue weighted by Gasteiger charge is -2.35. The number of ether oxygens (including phenoxy) is 1. The molecule has 2 fully saturated rings. The predicted octanol–water partition coefficient (Wildman–Crippen LogP) is 8.65. The summed E-state index contributed by atoms with van der Waals surface area (Å²) in [4.78, 5) is 90.6. The van der Waals surface area contributed by atoms with Gasteiger partial charge in [-0.2, -0.15) is 0 Å². The summed E-state index contributed by atoms with van der Waals surface area (Å²) in [5, 5.41) is 12.2. The Bertz CT molecular complexity index is 2190. The van der Waals surface area contributed by atoms with Gasteiger partial charge in [0.15, 0.2) is 11.4 Å². The molecular formula is C49H61ClN4O8. The van der Waals surface area contributed by atoms with E-state index in [4.69, 9.17) is 21.2 Å². The minimum atomic E-state index is -1.01. The van der Waals surface area contributed by atoms with Gasteiger partial charge in [0.25, 0.3) is 5.91 Å². The molecule has 62 heavy (non-hydrogen) atoms. The summed E-state index contributed by atoms with van der Waals surface area (Å²) in [5.74, 6) is -3.32. The number of ketones is 3. The van der Waals surface area contributed by atoms with Crippen LogP contribution in [0.5, 0.6) is 5.75 Å². The molecule has 3 aromatic carbocycles. The van der Waals surface area contributed by atoms with Gasteiger partial charge in [0.2, 0.25) is 17.6 Å². The Morgan fingerprint density at radius 1 is 0.984 bits per heavy atom. The van der Waals surface area contributed by atoms with Crippen molar-refractivity contribution in [2.75, 3.05) is 25.5 Å². The molecule has 0 bridgehead atoms. The number of nitrogens with zero attached hydrogens (tertiary/aromatic N) is 2. The molecule has 0 radical (unpaired) electrons. The second-order valence-electron chi connectivity index (χ2n) is 18.5. The molecule has 1 aliphatic carbocycles. The van der Waals surface area contributed by atoms with Crippen LogP contribution in [0.25, 0.3) is 10.8 Å². The first-order valence-corrected chi connectivity index (χ1v) is 22.5. The van der Waals surface area contributed by atoms with E-state index >= 15 is 0 Å². The zero-order valence-corrected chi connectivity index (χ0v) is 37.5. The van der Waals surface area contributed by atoms with Gasteiger partial charge in [-0.25, -0.2) is 0 Å². The third kappa shape index (κ3) is 11.5. The largest absolute Gasteiger partial charge is 0.496 e. The fourth-order valence-corrected chi connectivity index (χ4v) is 9.54. The number of benzene rings is 3. The highest BCUT2D eigenvalue weighted by molar-refractivity contribution is 6.37. The summed E-state index contributed by atoms with van der Waals surface area (Å²) in [5.41, 5.74) is 0.339. The highest BCUT2D eigenvalue weighted by Gasteiger charge is 2.55. The molecule has 1 saturated carbocycles. The minimum absolute atomic E-state index is 0.0525. The number of carbonyl (C=O) groups excluding carboxylic acids is 6. The zero-order valence-electron chi connectivity index (χ0n) is 36.7. The number of amides is 3. The molecule has 0 unspecified atom stereocenters. The number of nitrogens with one attached hydrogen (secondary N) is 2. The van der Waals surface area contributed by atoms with Crippen molar-refractivity contribution in [3.63, 3.8) is 0 Å². The molecule has 1 saturated heterocycles. The molecular weight excluding hydrogens is 808 g/mol. The number of carbonyl (C=O) groups is 6. The van der Waals surface area contributed by atoms with Crippen LogP contribution in [0.15, 0.2) is 65.8 Å². The van der Waals surface area contributed by atoms with E-state index in [9.17, 15) is 28.8 Å². The third-order valence-corrected chi connectivity index (χ3v) is 12.9. The van der Waals surface area contributed by atoms with Crippen molar-refractivity contribution in [1.82, 2.24) is 10.2 Å². The standard InChI is InChI=1S/C49H61ClN4O8/c1-6-13-34(45(58)46(59)51-21-20-44(57)52-36-24-32-16-10-11-19-38(32)43(26-36)61-5)25-42(56)41-29-49(28-40(53-62-49)33-17-12-18-35(50)23-33)30-54(41)47(60)39(48(2,3)4)27-37(55)22-31-14-8-7-9-15-31/h10-12,16-19,23-24,26,31,34,39,41H,6-9,13-15,20-22,25,27-30H2,1-5H3,(H,51,59)(H,52,57)/t34-,39-,41+,49-/m1/s1. The Labute approximate surface area is 369 Å². The smallest absolute Gasteiger partial charge is 0.287 e. The maximum atomic E-state index is 14.8. The number of hydrogen-bond donors (Lipinski definition) is 2. The molecule has 13 heteroatoms. The molecule has 3 aromatic rings. The van der Waals surface area contributed by atoms with E-state index in [2.05, 4.69) is 15.8 Å². The number of anilines is 1. The highest BCUT2D eigenvalue weighted by Crippen LogP contribution is 2.43. The Morgan fingerprint density at radius 3 is 2.45 bits per heavy atom. The lowest BCUT2D eigenvalue weighted by Crippen LogP contribution is -2.48. The number of rotatable bonds is 18. The third-order valence-electron chi connectivity index (χ3n) is 12.7. The summed E-state index contributed by atoms with van der Waals surface area (Å²) < 4.78 is 5.50. The normalized spacial score (nSPS) is 20.0. The van der Waals surface area contributed by atoms with Gasteiger partial charge in [-0.15, -0.1) is 0 Å². The van der Waals surface area contributed by atoms with Crippen LogP contribution in [-0.4, -0.2) is 77.5 Å². The second kappa shape index (κ2) is 20.4. The molecule has 2 N–H and O–H groups in total. The van der Waals surface area contributed by atoms with E-state index in [-0.39, 0.29) is 68.6 Å². The van der Waals surface area contributed by atoms with Gasteiger partial charge in [-0.3, -0.25) is 28.8 Å². The number of Topliss-reactive ketones (excluding diaryl/α,β-unsaturated/α-hetero) is 3. The molecule has 3 amide bonds. The van der Waals surface area contributed by atoms with Gasteiger partial charge in [0, 0.05) is 84.6 Å². The maximum absolute atomic E-state index is 14.8. The van der Waals surface area contributed by atoms with Gasteiger partial charge in [0.05, 0.1) is 25.4 Å². The van der Waals surface area contributed by atoms with Crippen LogP contribution >= 0.6 is 11.6 Å². The molecule has 2 aliphatic heterocycles. The molecule has 2 heterocycles. The first-order chi connectivity index (χ1) is 29.6. The Balaban J connectivity index is 1.14. The van der Waals surface area contributed by atoms with Crippen molar-refractivity contribution in [1.29, 1.82) is 0 Å². The van der Waals surface area contributed by atoms with Crippen molar-refractivity contribution in [3.05, 3.63) is 71.2 Å². The highest BCUT2D eigenvalue weighted by atomic mass is 35.5. The first-order valence-electron chi connectivity index (χ1n) is 22.1. The molecule has 12 nitrogen and oxygen atoms in total. The summed E-state index contributed by atoms with van der Waals surface area (Å²) in [7, 11) is 1.56. The van der Waals surface area contributed by atoms with Crippen LogP contribution in [0.3, 0.4) is 0 Å². The summed E-state index contributed by atoms with van der Waals surface area (Å²) in [6.07, 6.45) is 6.86. The lowest BCUT2D eigenvalue weighted by molar-refractivity contribution is -0.147. The average Bonchev–Trinajstić information content (AvgIpc) is 3.85. The molecule has 6 rings (SSSR count). The van der Waals surface area contributed by atoms with Crippen LogP contribution in [0.4, 0.5) is 5.69 Å². The van der Waals surface area contributed by atoms with Gasteiger partial charge < -0.3 is 25.1 Å². The molecule has 332 valence electrons. The number of fused-ring (bicyclic) bond motifs is 1. The predicted molar refractivity (Wildman–Crippen MR) is 240 cm³/mol. The average molecular weight is 870 g/mol. The fourth-order valence-electron chi connectivity index (χ4n) is 9.35. The van der Waals surface area contributed by atoms with Crippen LogP contribution < -0.4 is 15.4 Å². The van der Waals surface area contributed by atoms with Crippen molar-refractivity contribution in [3.8, 4) is 5.75 Å². The number of methoxy groups -OCH3 is 1.